The van der Waals surface area contributed by atoms with E-state index in [0.29, 0.717) is 16.8 Å². The van der Waals surface area contributed by atoms with E-state index in [2.05, 4.69) is 17.2 Å². The summed E-state index contributed by atoms with van der Waals surface area (Å²) in [5.74, 6) is -0.833. The quantitative estimate of drug-likeness (QED) is 0.178. The van der Waals surface area contributed by atoms with E-state index < -0.39 is 35.6 Å². The van der Waals surface area contributed by atoms with E-state index in [1.165, 1.54) is 17.0 Å². The van der Waals surface area contributed by atoms with Crippen molar-refractivity contribution in [2.24, 2.45) is 0 Å². The van der Waals surface area contributed by atoms with Gasteiger partial charge in [-0.05, 0) is 73.9 Å². The van der Waals surface area contributed by atoms with Crippen molar-refractivity contribution in [3.8, 4) is 5.75 Å². The lowest BCUT2D eigenvalue weighted by Crippen LogP contribution is -2.53. The number of carbonyl (C=O) groups is 3. The van der Waals surface area contributed by atoms with Gasteiger partial charge in [0, 0.05) is 18.7 Å². The first-order valence-electron chi connectivity index (χ1n) is 14.5. The monoisotopic (exact) mass is 593 g/mol. The van der Waals surface area contributed by atoms with Crippen LogP contribution in [0.4, 0.5) is 10.5 Å². The molecule has 0 saturated carbocycles. The first-order chi connectivity index (χ1) is 20.9. The molecule has 4 rings (SSSR count). The van der Waals surface area contributed by atoms with Crippen molar-refractivity contribution in [2.45, 2.75) is 51.8 Å². The number of aromatic hydroxyl groups is 1. The number of rotatable bonds is 10. The molecular weight excluding hydrogens is 554 g/mol. The minimum absolute atomic E-state index is 0.0324. The number of nitrogens with zero attached hydrogens (tertiary/aromatic N) is 1. The minimum atomic E-state index is -1.09. The molecular formula is C36H39N3O5. The molecule has 228 valence electrons. The van der Waals surface area contributed by atoms with Crippen LogP contribution in [-0.4, -0.2) is 46.1 Å². The van der Waals surface area contributed by atoms with Crippen molar-refractivity contribution in [1.82, 2.24) is 10.2 Å². The Bertz CT molecular complexity index is 1640. The van der Waals surface area contributed by atoms with Gasteiger partial charge in [0.15, 0.2) is 0 Å². The van der Waals surface area contributed by atoms with Crippen LogP contribution in [0.1, 0.15) is 43.5 Å². The molecule has 0 saturated heterocycles. The fourth-order valence-electron chi connectivity index (χ4n) is 4.97. The second-order valence-electron chi connectivity index (χ2n) is 11.7. The number of nitrogens with one attached hydrogen (secondary N) is 2. The molecule has 0 radical (unpaired) electrons. The second kappa shape index (κ2) is 13.9. The molecule has 0 aliphatic carbocycles. The van der Waals surface area contributed by atoms with Gasteiger partial charge in [-0.3, -0.25) is 9.59 Å². The minimum Gasteiger partial charge on any atom is -0.508 e. The first-order valence-corrected chi connectivity index (χ1v) is 14.5. The number of carbonyl (C=O) groups excluding carboxylic acids is 3. The van der Waals surface area contributed by atoms with Crippen molar-refractivity contribution < 1.29 is 24.2 Å². The third-order valence-electron chi connectivity index (χ3n) is 6.91. The van der Waals surface area contributed by atoms with Gasteiger partial charge in [-0.1, -0.05) is 78.4 Å². The van der Waals surface area contributed by atoms with Gasteiger partial charge in [-0.15, -0.1) is 6.58 Å². The molecule has 4 aromatic carbocycles. The van der Waals surface area contributed by atoms with E-state index in [1.54, 1.807) is 45.0 Å². The van der Waals surface area contributed by atoms with E-state index in [1.807, 2.05) is 67.6 Å². The Morgan fingerprint density at radius 1 is 0.932 bits per heavy atom. The number of ether oxygens (including phenoxy) is 1. The number of aryl methyl sites for hydroxylation is 1. The Balaban J connectivity index is 1.73. The van der Waals surface area contributed by atoms with E-state index in [4.69, 9.17) is 4.74 Å². The lowest BCUT2D eigenvalue weighted by molar-refractivity contribution is -0.140. The molecule has 0 aliphatic rings. The standard InChI is InChI=1S/C36H39N3O5/c1-6-20-39(34(42)31(38-35(43)44-36(3,4)5)22-25-14-18-30(40)19-15-25)32(28-13-9-10-24(2)21-28)33(41)37-29-17-16-26-11-7-8-12-27(26)23-29/h6-19,21,23,31-32,40H,1,20,22H2,2-5H3,(H,37,41)(H,38,43). The van der Waals surface area contributed by atoms with Gasteiger partial charge in [0.25, 0.3) is 5.91 Å². The topological polar surface area (TPSA) is 108 Å². The van der Waals surface area contributed by atoms with Crippen molar-refractivity contribution in [3.63, 3.8) is 0 Å². The summed E-state index contributed by atoms with van der Waals surface area (Å²) in [6.07, 6.45) is 0.884. The molecule has 3 amide bonds. The largest absolute Gasteiger partial charge is 0.508 e. The fourth-order valence-corrected chi connectivity index (χ4v) is 4.97. The van der Waals surface area contributed by atoms with Crippen LogP contribution in [0.2, 0.25) is 0 Å². The third kappa shape index (κ3) is 8.47. The SMILES string of the molecule is C=CCN(C(=O)C(Cc1ccc(O)cc1)NC(=O)OC(C)(C)C)C(C(=O)Nc1ccc2ccccc2c1)c1cccc(C)c1. The molecule has 4 aromatic rings. The zero-order chi connectivity index (χ0) is 31.9. The lowest BCUT2D eigenvalue weighted by Gasteiger charge is -2.34. The van der Waals surface area contributed by atoms with E-state index in [0.717, 1.165) is 16.3 Å². The van der Waals surface area contributed by atoms with Crippen LogP contribution in [0.15, 0.2) is 104 Å². The summed E-state index contributed by atoms with van der Waals surface area (Å²) in [5.41, 5.74) is 2.03. The van der Waals surface area contributed by atoms with Crippen LogP contribution in [0.5, 0.6) is 5.75 Å². The summed E-state index contributed by atoms with van der Waals surface area (Å²) < 4.78 is 5.48. The highest BCUT2D eigenvalue weighted by Crippen LogP contribution is 2.27. The zero-order valence-electron chi connectivity index (χ0n) is 25.5. The number of fused-ring (bicyclic) bond motifs is 1. The number of benzene rings is 4. The Labute approximate surface area is 258 Å². The van der Waals surface area contributed by atoms with E-state index in [9.17, 15) is 19.5 Å². The molecule has 0 aliphatic heterocycles. The lowest BCUT2D eigenvalue weighted by atomic mass is 9.99. The number of phenols is 1. The van der Waals surface area contributed by atoms with Gasteiger partial charge < -0.3 is 25.4 Å². The van der Waals surface area contributed by atoms with E-state index >= 15 is 0 Å². The highest BCUT2D eigenvalue weighted by atomic mass is 16.6. The number of hydrogen-bond donors (Lipinski definition) is 3. The van der Waals surface area contributed by atoms with Crippen molar-refractivity contribution in [3.05, 3.63) is 120 Å². The van der Waals surface area contributed by atoms with Gasteiger partial charge in [0.2, 0.25) is 5.91 Å². The predicted molar refractivity (Wildman–Crippen MR) is 173 cm³/mol. The van der Waals surface area contributed by atoms with Crippen LogP contribution >= 0.6 is 0 Å². The molecule has 0 aromatic heterocycles. The normalized spacial score (nSPS) is 12.5. The Hall–Kier alpha value is -5.11. The molecule has 3 N–H and O–H groups in total. The maximum absolute atomic E-state index is 14.4. The average molecular weight is 594 g/mol. The van der Waals surface area contributed by atoms with Gasteiger partial charge in [-0.2, -0.15) is 0 Å². The van der Waals surface area contributed by atoms with Crippen molar-refractivity contribution in [1.29, 1.82) is 0 Å². The first kappa shape index (κ1) is 31.8. The van der Waals surface area contributed by atoms with Gasteiger partial charge in [0.05, 0.1) is 0 Å². The molecule has 2 atom stereocenters. The number of amides is 3. The highest BCUT2D eigenvalue weighted by Gasteiger charge is 2.36. The molecule has 0 bridgehead atoms. The Morgan fingerprint density at radius 3 is 2.30 bits per heavy atom. The molecule has 44 heavy (non-hydrogen) atoms. The second-order valence-corrected chi connectivity index (χ2v) is 11.7. The summed E-state index contributed by atoms with van der Waals surface area (Å²) in [7, 11) is 0. The molecule has 2 unspecified atom stereocenters. The maximum atomic E-state index is 14.4. The van der Waals surface area contributed by atoms with Gasteiger partial charge in [0.1, 0.15) is 23.4 Å². The van der Waals surface area contributed by atoms with Gasteiger partial charge in [-0.25, -0.2) is 4.79 Å². The van der Waals surface area contributed by atoms with Crippen LogP contribution in [0.3, 0.4) is 0 Å². The number of phenolic OH excluding ortho intramolecular Hbond substituents is 1. The Kier molecular flexibility index (Phi) is 10.1. The maximum Gasteiger partial charge on any atom is 0.408 e. The molecule has 0 fully saturated rings. The van der Waals surface area contributed by atoms with Crippen LogP contribution in [0, 0.1) is 6.92 Å². The van der Waals surface area contributed by atoms with Crippen molar-refractivity contribution >= 4 is 34.4 Å². The number of anilines is 1. The molecule has 8 nitrogen and oxygen atoms in total. The Morgan fingerprint density at radius 2 is 1.64 bits per heavy atom. The summed E-state index contributed by atoms with van der Waals surface area (Å²) in [5, 5.41) is 17.5. The zero-order valence-corrected chi connectivity index (χ0v) is 25.5. The molecule has 0 heterocycles. The molecule has 8 heteroatoms. The highest BCUT2D eigenvalue weighted by molar-refractivity contribution is 6.00. The summed E-state index contributed by atoms with van der Waals surface area (Å²) in [6, 6.07) is 25.1. The predicted octanol–water partition coefficient (Wildman–Crippen LogP) is 6.68. The third-order valence-corrected chi connectivity index (χ3v) is 6.91. The summed E-state index contributed by atoms with van der Waals surface area (Å²) in [6.45, 7) is 11.0. The van der Waals surface area contributed by atoms with Gasteiger partial charge >= 0.3 is 6.09 Å². The van der Waals surface area contributed by atoms with Crippen LogP contribution in [-0.2, 0) is 20.7 Å². The van der Waals surface area contributed by atoms with Crippen LogP contribution < -0.4 is 10.6 Å². The molecule has 0 spiro atoms. The average Bonchev–Trinajstić information content (AvgIpc) is 2.96. The smallest absolute Gasteiger partial charge is 0.408 e. The summed E-state index contributed by atoms with van der Waals surface area (Å²) in [4.78, 5) is 42.9. The van der Waals surface area contributed by atoms with Crippen LogP contribution in [0.25, 0.3) is 10.8 Å². The number of hydrogen-bond acceptors (Lipinski definition) is 5. The van der Waals surface area contributed by atoms with E-state index in [-0.39, 0.29) is 18.7 Å². The van der Waals surface area contributed by atoms with Crippen molar-refractivity contribution in [2.75, 3.05) is 11.9 Å². The fraction of sp³-hybridized carbons (Fsp3) is 0.250. The number of alkyl carbamates (subject to hydrolysis) is 1. The summed E-state index contributed by atoms with van der Waals surface area (Å²) >= 11 is 0.